The van der Waals surface area contributed by atoms with Crippen molar-refractivity contribution in [2.45, 2.75) is 45.6 Å². The van der Waals surface area contributed by atoms with Crippen LogP contribution in [0.2, 0.25) is 0 Å². The van der Waals surface area contributed by atoms with Crippen molar-refractivity contribution in [3.63, 3.8) is 0 Å². The smallest absolute Gasteiger partial charge is 0.308 e. The van der Waals surface area contributed by atoms with E-state index in [0.29, 0.717) is 6.04 Å². The van der Waals surface area contributed by atoms with Crippen LogP contribution in [0.4, 0.5) is 0 Å². The van der Waals surface area contributed by atoms with Gasteiger partial charge in [0.1, 0.15) is 5.75 Å². The van der Waals surface area contributed by atoms with Gasteiger partial charge in [-0.3, -0.25) is 9.69 Å². The van der Waals surface area contributed by atoms with E-state index in [1.54, 1.807) is 0 Å². The molecule has 2 aromatic rings. The summed E-state index contributed by atoms with van der Waals surface area (Å²) in [6, 6.07) is 11.0. The van der Waals surface area contributed by atoms with E-state index in [1.165, 1.54) is 22.9 Å². The highest BCUT2D eigenvalue weighted by Gasteiger charge is 2.25. The number of esters is 1. The van der Waals surface area contributed by atoms with Crippen LogP contribution in [0.3, 0.4) is 0 Å². The lowest BCUT2D eigenvalue weighted by Gasteiger charge is -2.35. The molecule has 128 valence electrons. The van der Waals surface area contributed by atoms with E-state index >= 15 is 0 Å². The number of carbonyl (C=O) groups excluding carboxylic acids is 1. The van der Waals surface area contributed by atoms with Crippen molar-refractivity contribution < 1.29 is 9.53 Å². The number of hydrogen-bond acceptors (Lipinski definition) is 4. The van der Waals surface area contributed by atoms with Gasteiger partial charge < -0.3 is 4.74 Å². The summed E-state index contributed by atoms with van der Waals surface area (Å²) in [5, 5.41) is 2.15. The molecule has 1 aromatic carbocycles. The Morgan fingerprint density at radius 3 is 2.92 bits per heavy atom. The molecule has 0 radical (unpaired) electrons. The van der Waals surface area contributed by atoms with Crippen molar-refractivity contribution in [2.75, 3.05) is 13.1 Å². The third kappa shape index (κ3) is 4.05. The van der Waals surface area contributed by atoms with Crippen molar-refractivity contribution in [1.29, 1.82) is 0 Å². The van der Waals surface area contributed by atoms with Crippen molar-refractivity contribution in [1.82, 2.24) is 4.90 Å². The predicted molar refractivity (Wildman–Crippen MR) is 98.8 cm³/mol. The minimum absolute atomic E-state index is 0.239. The van der Waals surface area contributed by atoms with E-state index in [9.17, 15) is 4.79 Å². The third-order valence-electron chi connectivity index (χ3n) is 4.81. The summed E-state index contributed by atoms with van der Waals surface area (Å²) in [5.74, 6) is 0.511. The molecule has 1 unspecified atom stereocenters. The molecule has 0 fully saturated rings. The fourth-order valence-electron chi connectivity index (χ4n) is 3.62. The van der Waals surface area contributed by atoms with Crippen LogP contribution in [0.15, 0.2) is 35.7 Å². The molecule has 0 amide bonds. The average Bonchev–Trinajstić information content (AvgIpc) is 3.08. The van der Waals surface area contributed by atoms with Gasteiger partial charge >= 0.3 is 5.97 Å². The maximum absolute atomic E-state index is 11.3. The van der Waals surface area contributed by atoms with E-state index in [2.05, 4.69) is 35.4 Å². The molecule has 1 aliphatic carbocycles. The average molecular weight is 343 g/mol. The SMILES string of the molecule is CCN(CCc1cccs1)C1CCc2c(cccc2OC(C)=O)C1. The van der Waals surface area contributed by atoms with Crippen molar-refractivity contribution in [3.05, 3.63) is 51.7 Å². The first-order chi connectivity index (χ1) is 11.7. The molecule has 1 aliphatic rings. The number of likely N-dealkylation sites (N-methyl/N-ethyl adjacent to an activating group) is 1. The second kappa shape index (κ2) is 7.95. The van der Waals surface area contributed by atoms with E-state index in [4.69, 9.17) is 4.74 Å². The van der Waals surface area contributed by atoms with E-state index in [1.807, 2.05) is 23.5 Å². The topological polar surface area (TPSA) is 29.5 Å². The number of nitrogens with zero attached hydrogens (tertiary/aromatic N) is 1. The van der Waals surface area contributed by atoms with E-state index in [0.717, 1.165) is 44.5 Å². The van der Waals surface area contributed by atoms with Gasteiger partial charge in [-0.15, -0.1) is 11.3 Å². The summed E-state index contributed by atoms with van der Waals surface area (Å²) in [6.45, 7) is 5.91. The Kier molecular flexibility index (Phi) is 5.69. The number of benzene rings is 1. The van der Waals surface area contributed by atoms with Crippen LogP contribution in [-0.2, 0) is 24.1 Å². The maximum atomic E-state index is 11.3. The maximum Gasteiger partial charge on any atom is 0.308 e. The minimum Gasteiger partial charge on any atom is -0.426 e. The number of ether oxygens (including phenoxy) is 1. The lowest BCUT2D eigenvalue weighted by atomic mass is 9.86. The van der Waals surface area contributed by atoms with Gasteiger partial charge in [0, 0.05) is 24.4 Å². The highest BCUT2D eigenvalue weighted by atomic mass is 32.1. The van der Waals surface area contributed by atoms with Crippen LogP contribution < -0.4 is 4.74 Å². The van der Waals surface area contributed by atoms with Gasteiger partial charge in [-0.1, -0.05) is 25.1 Å². The molecule has 24 heavy (non-hydrogen) atoms. The lowest BCUT2D eigenvalue weighted by molar-refractivity contribution is -0.131. The zero-order valence-electron chi connectivity index (χ0n) is 14.5. The van der Waals surface area contributed by atoms with Crippen LogP contribution in [0.25, 0.3) is 0 Å². The Morgan fingerprint density at radius 1 is 1.33 bits per heavy atom. The second-order valence-corrected chi connectivity index (χ2v) is 7.37. The lowest BCUT2D eigenvalue weighted by Crippen LogP contribution is -2.40. The van der Waals surface area contributed by atoms with E-state index < -0.39 is 0 Å². The Hall–Kier alpha value is -1.65. The quantitative estimate of drug-likeness (QED) is 0.584. The number of thiophene rings is 1. The molecule has 1 heterocycles. The van der Waals surface area contributed by atoms with Crippen LogP contribution >= 0.6 is 11.3 Å². The first-order valence-electron chi connectivity index (χ1n) is 8.73. The highest BCUT2D eigenvalue weighted by molar-refractivity contribution is 7.09. The molecule has 0 aliphatic heterocycles. The van der Waals surface area contributed by atoms with Gasteiger partial charge in [0.2, 0.25) is 0 Å². The largest absolute Gasteiger partial charge is 0.426 e. The fourth-order valence-corrected chi connectivity index (χ4v) is 4.32. The van der Waals surface area contributed by atoms with Crippen LogP contribution in [-0.4, -0.2) is 30.0 Å². The Balaban J connectivity index is 1.68. The zero-order valence-corrected chi connectivity index (χ0v) is 15.3. The van der Waals surface area contributed by atoms with E-state index in [-0.39, 0.29) is 5.97 Å². The minimum atomic E-state index is -0.239. The molecule has 0 bridgehead atoms. The summed E-state index contributed by atoms with van der Waals surface area (Å²) in [7, 11) is 0. The molecule has 3 nitrogen and oxygen atoms in total. The molecule has 0 saturated carbocycles. The summed E-state index contributed by atoms with van der Waals surface area (Å²) in [6.07, 6.45) is 4.29. The molecular weight excluding hydrogens is 318 g/mol. The monoisotopic (exact) mass is 343 g/mol. The van der Waals surface area contributed by atoms with Gasteiger partial charge in [0.05, 0.1) is 0 Å². The first kappa shape index (κ1) is 17.2. The molecule has 3 rings (SSSR count). The molecular formula is C20H25NO2S. The predicted octanol–water partition coefficient (Wildman–Crippen LogP) is 4.10. The molecule has 0 N–H and O–H groups in total. The van der Waals surface area contributed by atoms with Crippen molar-refractivity contribution >= 4 is 17.3 Å². The molecule has 0 saturated heterocycles. The third-order valence-corrected chi connectivity index (χ3v) is 5.75. The Morgan fingerprint density at radius 2 is 2.21 bits per heavy atom. The second-order valence-electron chi connectivity index (χ2n) is 6.34. The van der Waals surface area contributed by atoms with Crippen LogP contribution in [0, 0.1) is 0 Å². The zero-order chi connectivity index (χ0) is 16.9. The summed E-state index contributed by atoms with van der Waals surface area (Å²) < 4.78 is 5.38. The molecule has 1 atom stereocenters. The first-order valence-corrected chi connectivity index (χ1v) is 9.61. The van der Waals surface area contributed by atoms with Crippen molar-refractivity contribution in [2.24, 2.45) is 0 Å². The van der Waals surface area contributed by atoms with Gasteiger partial charge in [-0.25, -0.2) is 0 Å². The summed E-state index contributed by atoms with van der Waals surface area (Å²) in [4.78, 5) is 15.3. The van der Waals surface area contributed by atoms with Gasteiger partial charge in [0.25, 0.3) is 0 Å². The van der Waals surface area contributed by atoms with Crippen molar-refractivity contribution in [3.8, 4) is 5.75 Å². The molecule has 4 heteroatoms. The number of hydrogen-bond donors (Lipinski definition) is 0. The summed E-state index contributed by atoms with van der Waals surface area (Å²) in [5.41, 5.74) is 2.55. The van der Waals surface area contributed by atoms with Gasteiger partial charge in [-0.05, 0) is 60.9 Å². The normalized spacial score (nSPS) is 16.9. The number of fused-ring (bicyclic) bond motifs is 1. The Bertz CT molecular complexity index is 681. The Labute approximate surface area is 148 Å². The van der Waals surface area contributed by atoms with Crippen LogP contribution in [0.1, 0.15) is 36.3 Å². The van der Waals surface area contributed by atoms with Gasteiger partial charge in [0.15, 0.2) is 0 Å². The standard InChI is InChI=1S/C20H25NO2S/c1-3-21(12-11-18-7-5-13-24-18)17-9-10-19-16(14-17)6-4-8-20(19)23-15(2)22/h4-8,13,17H,3,9-12,14H2,1-2H3. The molecule has 1 aromatic heterocycles. The number of rotatable bonds is 6. The fraction of sp³-hybridized carbons (Fsp3) is 0.450. The molecule has 0 spiro atoms. The highest BCUT2D eigenvalue weighted by Crippen LogP contribution is 2.31. The summed E-state index contributed by atoms with van der Waals surface area (Å²) >= 11 is 1.84. The van der Waals surface area contributed by atoms with Crippen LogP contribution in [0.5, 0.6) is 5.75 Å². The van der Waals surface area contributed by atoms with Gasteiger partial charge in [-0.2, -0.15) is 0 Å². The number of carbonyl (C=O) groups is 1.